The largest absolute Gasteiger partial charge is 0.481 e. The molecule has 0 saturated heterocycles. The normalized spacial score (nSPS) is 9.83. The minimum absolute atomic E-state index is 0.0556. The first-order valence-corrected chi connectivity index (χ1v) is 4.28. The summed E-state index contributed by atoms with van der Waals surface area (Å²) >= 11 is 8.80. The molecule has 64 valence electrons. The van der Waals surface area contributed by atoms with Gasteiger partial charge in [0, 0.05) is 6.20 Å². The van der Waals surface area contributed by atoms with Gasteiger partial charge in [-0.15, -0.1) is 0 Å². The molecular formula is C7H5BrClNO2. The molecule has 1 heterocycles. The molecule has 0 aliphatic heterocycles. The van der Waals surface area contributed by atoms with Crippen molar-refractivity contribution in [3.8, 4) is 0 Å². The van der Waals surface area contributed by atoms with E-state index in [-0.39, 0.29) is 6.42 Å². The first-order valence-electron chi connectivity index (χ1n) is 3.11. The van der Waals surface area contributed by atoms with E-state index in [0.717, 1.165) is 0 Å². The Bertz CT molecular complexity index is 316. The summed E-state index contributed by atoms with van der Waals surface area (Å²) in [5.74, 6) is -0.893. The van der Waals surface area contributed by atoms with E-state index < -0.39 is 5.97 Å². The van der Waals surface area contributed by atoms with E-state index in [1.165, 1.54) is 6.20 Å². The Hall–Kier alpha value is -0.610. The Kier molecular flexibility index (Phi) is 3.05. The highest BCUT2D eigenvalue weighted by atomic mass is 79.9. The second-order valence-corrected chi connectivity index (χ2v) is 3.35. The zero-order chi connectivity index (χ0) is 9.14. The van der Waals surface area contributed by atoms with Gasteiger partial charge in [0.15, 0.2) is 0 Å². The van der Waals surface area contributed by atoms with Crippen LogP contribution in [0.15, 0.2) is 16.9 Å². The average molecular weight is 250 g/mol. The van der Waals surface area contributed by atoms with Crippen LogP contribution in [0.3, 0.4) is 0 Å². The Labute approximate surface area is 82.5 Å². The van der Waals surface area contributed by atoms with Crippen LogP contribution in [0, 0.1) is 0 Å². The molecule has 0 radical (unpaired) electrons. The molecule has 1 rings (SSSR count). The van der Waals surface area contributed by atoms with Gasteiger partial charge >= 0.3 is 5.97 Å². The predicted octanol–water partition coefficient (Wildman–Crippen LogP) is 2.12. The SMILES string of the molecule is O=C(O)Cc1cnc(Br)c(Cl)c1. The van der Waals surface area contributed by atoms with E-state index in [2.05, 4.69) is 20.9 Å². The summed E-state index contributed by atoms with van der Waals surface area (Å²) in [4.78, 5) is 14.1. The maximum absolute atomic E-state index is 10.3. The molecule has 0 bridgehead atoms. The van der Waals surface area contributed by atoms with E-state index >= 15 is 0 Å². The maximum atomic E-state index is 10.3. The lowest BCUT2D eigenvalue weighted by molar-refractivity contribution is -0.136. The minimum atomic E-state index is -0.893. The number of carboxylic acid groups (broad SMARTS) is 1. The van der Waals surface area contributed by atoms with E-state index in [9.17, 15) is 4.79 Å². The van der Waals surface area contributed by atoms with Gasteiger partial charge in [-0.25, -0.2) is 4.98 Å². The lowest BCUT2D eigenvalue weighted by Gasteiger charge is -1.98. The van der Waals surface area contributed by atoms with E-state index in [1.54, 1.807) is 6.07 Å². The number of halogens is 2. The molecule has 0 amide bonds. The molecule has 0 fully saturated rings. The third-order valence-electron chi connectivity index (χ3n) is 1.21. The van der Waals surface area contributed by atoms with Gasteiger partial charge in [0.2, 0.25) is 0 Å². The second-order valence-electron chi connectivity index (χ2n) is 2.19. The van der Waals surface area contributed by atoms with Gasteiger partial charge in [-0.1, -0.05) is 11.6 Å². The maximum Gasteiger partial charge on any atom is 0.307 e. The molecule has 0 aliphatic rings. The Balaban J connectivity index is 2.89. The number of pyridine rings is 1. The van der Waals surface area contributed by atoms with Crippen LogP contribution in [0.1, 0.15) is 5.56 Å². The fourth-order valence-corrected chi connectivity index (χ4v) is 1.14. The summed E-state index contributed by atoms with van der Waals surface area (Å²) in [6.07, 6.45) is 1.42. The minimum Gasteiger partial charge on any atom is -0.481 e. The fourth-order valence-electron chi connectivity index (χ4n) is 0.732. The van der Waals surface area contributed by atoms with E-state index in [0.29, 0.717) is 15.2 Å². The molecule has 0 aliphatic carbocycles. The van der Waals surface area contributed by atoms with Crippen molar-refractivity contribution in [2.45, 2.75) is 6.42 Å². The number of rotatable bonds is 2. The standard InChI is InChI=1S/C7H5BrClNO2/c8-7-5(9)1-4(3-10-7)2-6(11)12/h1,3H,2H2,(H,11,12). The summed E-state index contributed by atoms with van der Waals surface area (Å²) in [5.41, 5.74) is 0.593. The van der Waals surface area contributed by atoms with Gasteiger partial charge in [-0.2, -0.15) is 0 Å². The number of aliphatic carboxylic acids is 1. The van der Waals surface area contributed by atoms with Crippen molar-refractivity contribution in [3.05, 3.63) is 27.5 Å². The third kappa shape index (κ3) is 2.46. The van der Waals surface area contributed by atoms with Crippen molar-refractivity contribution in [2.75, 3.05) is 0 Å². The van der Waals surface area contributed by atoms with Crippen molar-refractivity contribution in [1.82, 2.24) is 4.98 Å². The Morgan fingerprint density at radius 3 is 2.92 bits per heavy atom. The lowest BCUT2D eigenvalue weighted by Crippen LogP contribution is -2.00. The van der Waals surface area contributed by atoms with Crippen LogP contribution in [0.4, 0.5) is 0 Å². The molecule has 0 aromatic carbocycles. The highest BCUT2D eigenvalue weighted by molar-refractivity contribution is 9.10. The number of hydrogen-bond acceptors (Lipinski definition) is 2. The van der Waals surface area contributed by atoms with Crippen LogP contribution in [-0.4, -0.2) is 16.1 Å². The van der Waals surface area contributed by atoms with Crippen LogP contribution in [0.25, 0.3) is 0 Å². The molecule has 3 nitrogen and oxygen atoms in total. The first kappa shape index (κ1) is 9.48. The second kappa shape index (κ2) is 3.87. The molecule has 0 spiro atoms. The van der Waals surface area contributed by atoms with Gasteiger partial charge in [0.05, 0.1) is 11.4 Å². The molecule has 0 atom stereocenters. The zero-order valence-corrected chi connectivity index (χ0v) is 8.26. The third-order valence-corrected chi connectivity index (χ3v) is 2.36. The van der Waals surface area contributed by atoms with Gasteiger partial charge < -0.3 is 5.11 Å². The van der Waals surface area contributed by atoms with Gasteiger partial charge in [-0.3, -0.25) is 4.79 Å². The van der Waals surface area contributed by atoms with Crippen molar-refractivity contribution in [3.63, 3.8) is 0 Å². The quantitative estimate of drug-likeness (QED) is 0.818. The number of aromatic nitrogens is 1. The van der Waals surface area contributed by atoms with Crippen LogP contribution in [0.2, 0.25) is 5.02 Å². The van der Waals surface area contributed by atoms with Gasteiger partial charge in [-0.05, 0) is 27.6 Å². The molecule has 1 aromatic heterocycles. The summed E-state index contributed by atoms with van der Waals surface area (Å²) in [5, 5.41) is 8.87. The van der Waals surface area contributed by atoms with E-state index in [1.807, 2.05) is 0 Å². The van der Waals surface area contributed by atoms with Crippen LogP contribution in [-0.2, 0) is 11.2 Å². The van der Waals surface area contributed by atoms with Crippen LogP contribution < -0.4 is 0 Å². The number of hydrogen-bond donors (Lipinski definition) is 1. The molecule has 1 N–H and O–H groups in total. The van der Waals surface area contributed by atoms with Gasteiger partial charge in [0.25, 0.3) is 0 Å². The lowest BCUT2D eigenvalue weighted by atomic mass is 10.2. The highest BCUT2D eigenvalue weighted by Gasteiger charge is 2.03. The molecule has 12 heavy (non-hydrogen) atoms. The molecule has 0 unspecified atom stereocenters. The molecule has 1 aromatic rings. The van der Waals surface area contributed by atoms with Crippen molar-refractivity contribution < 1.29 is 9.90 Å². The average Bonchev–Trinajstić information content (AvgIpc) is 1.96. The Morgan fingerprint density at radius 2 is 2.42 bits per heavy atom. The highest BCUT2D eigenvalue weighted by Crippen LogP contribution is 2.20. The van der Waals surface area contributed by atoms with Gasteiger partial charge in [0.1, 0.15) is 4.60 Å². The molecular weight excluding hydrogens is 245 g/mol. The smallest absolute Gasteiger partial charge is 0.307 e. The van der Waals surface area contributed by atoms with Crippen molar-refractivity contribution >= 4 is 33.5 Å². The first-order chi connectivity index (χ1) is 5.59. The zero-order valence-electron chi connectivity index (χ0n) is 5.92. The Morgan fingerprint density at radius 1 is 1.75 bits per heavy atom. The molecule has 0 saturated carbocycles. The number of carbonyl (C=O) groups is 1. The monoisotopic (exact) mass is 249 g/mol. The number of carboxylic acids is 1. The van der Waals surface area contributed by atoms with Crippen LogP contribution >= 0.6 is 27.5 Å². The number of nitrogens with zero attached hydrogens (tertiary/aromatic N) is 1. The predicted molar refractivity (Wildman–Crippen MR) is 48.3 cm³/mol. The van der Waals surface area contributed by atoms with Crippen molar-refractivity contribution in [1.29, 1.82) is 0 Å². The summed E-state index contributed by atoms with van der Waals surface area (Å²) in [7, 11) is 0. The van der Waals surface area contributed by atoms with E-state index in [4.69, 9.17) is 16.7 Å². The topological polar surface area (TPSA) is 50.2 Å². The summed E-state index contributed by atoms with van der Waals surface area (Å²) in [6.45, 7) is 0. The molecule has 5 heteroatoms. The summed E-state index contributed by atoms with van der Waals surface area (Å²) in [6, 6.07) is 1.58. The van der Waals surface area contributed by atoms with Crippen molar-refractivity contribution in [2.24, 2.45) is 0 Å². The fraction of sp³-hybridized carbons (Fsp3) is 0.143. The summed E-state index contributed by atoms with van der Waals surface area (Å²) < 4.78 is 0.526. The van der Waals surface area contributed by atoms with Crippen LogP contribution in [0.5, 0.6) is 0 Å².